The summed E-state index contributed by atoms with van der Waals surface area (Å²) in [5.41, 5.74) is 2.40. The molecule has 0 aliphatic carbocycles. The fourth-order valence-electron chi connectivity index (χ4n) is 3.06. The predicted molar refractivity (Wildman–Crippen MR) is 97.4 cm³/mol. The molecule has 4 rings (SSSR count). The minimum Gasteiger partial charge on any atom is -0.461 e. The van der Waals surface area contributed by atoms with E-state index in [-0.39, 0.29) is 0 Å². The van der Waals surface area contributed by atoms with Crippen LogP contribution in [0.15, 0.2) is 42.5 Å². The van der Waals surface area contributed by atoms with Crippen molar-refractivity contribution < 1.29 is 14.3 Å². The number of aromatic nitrogens is 3. The summed E-state index contributed by atoms with van der Waals surface area (Å²) >= 11 is 0. The summed E-state index contributed by atoms with van der Waals surface area (Å²) in [5.74, 6) is 0.369. The molecule has 134 valence electrons. The van der Waals surface area contributed by atoms with Crippen LogP contribution in [0.4, 0.5) is 5.82 Å². The van der Waals surface area contributed by atoms with E-state index < -0.39 is 5.97 Å². The van der Waals surface area contributed by atoms with Crippen LogP contribution in [-0.4, -0.2) is 53.5 Å². The van der Waals surface area contributed by atoms with E-state index >= 15 is 0 Å². The average Bonchev–Trinajstić information content (AvgIpc) is 3.08. The molecule has 1 saturated heterocycles. The van der Waals surface area contributed by atoms with E-state index in [4.69, 9.17) is 9.47 Å². The third-order valence-electron chi connectivity index (χ3n) is 4.31. The van der Waals surface area contributed by atoms with E-state index in [0.717, 1.165) is 24.5 Å². The molecule has 1 aromatic carbocycles. The molecule has 0 amide bonds. The molecule has 0 unspecified atom stereocenters. The SMILES string of the molecule is CCOC(=O)c1c(-c2ccccc2)nc2ccc(N3CCOCC3)nn12. The summed E-state index contributed by atoms with van der Waals surface area (Å²) in [5, 5.41) is 4.67. The van der Waals surface area contributed by atoms with E-state index in [1.165, 1.54) is 0 Å². The maximum absolute atomic E-state index is 12.6. The number of carbonyl (C=O) groups is 1. The number of ether oxygens (including phenoxy) is 2. The first-order valence-corrected chi connectivity index (χ1v) is 8.73. The number of nitrogens with zero attached hydrogens (tertiary/aromatic N) is 4. The molecule has 1 aliphatic rings. The van der Waals surface area contributed by atoms with Crippen LogP contribution in [0.2, 0.25) is 0 Å². The number of anilines is 1. The van der Waals surface area contributed by atoms with Gasteiger partial charge in [0.05, 0.1) is 19.8 Å². The molecule has 0 N–H and O–H groups in total. The molecule has 0 radical (unpaired) electrons. The molecule has 1 aliphatic heterocycles. The van der Waals surface area contributed by atoms with Gasteiger partial charge < -0.3 is 14.4 Å². The predicted octanol–water partition coefficient (Wildman–Crippen LogP) is 2.41. The van der Waals surface area contributed by atoms with Crippen LogP contribution >= 0.6 is 0 Å². The maximum atomic E-state index is 12.6. The number of esters is 1. The quantitative estimate of drug-likeness (QED) is 0.672. The van der Waals surface area contributed by atoms with Crippen molar-refractivity contribution in [3.63, 3.8) is 0 Å². The van der Waals surface area contributed by atoms with Crippen molar-refractivity contribution in [2.75, 3.05) is 37.8 Å². The van der Waals surface area contributed by atoms with Gasteiger partial charge in [-0.25, -0.2) is 14.3 Å². The normalized spacial score (nSPS) is 14.6. The lowest BCUT2D eigenvalue weighted by molar-refractivity contribution is 0.0517. The molecule has 0 atom stereocenters. The summed E-state index contributed by atoms with van der Waals surface area (Å²) in [4.78, 5) is 19.4. The van der Waals surface area contributed by atoms with Crippen LogP contribution in [-0.2, 0) is 9.47 Å². The first-order chi connectivity index (χ1) is 12.8. The van der Waals surface area contributed by atoms with Crippen LogP contribution < -0.4 is 4.90 Å². The summed E-state index contributed by atoms with van der Waals surface area (Å²) < 4.78 is 12.3. The van der Waals surface area contributed by atoms with Gasteiger partial charge in [0.1, 0.15) is 11.5 Å². The highest BCUT2D eigenvalue weighted by molar-refractivity contribution is 5.95. The van der Waals surface area contributed by atoms with Gasteiger partial charge in [0, 0.05) is 18.7 Å². The Labute approximate surface area is 151 Å². The highest BCUT2D eigenvalue weighted by Crippen LogP contribution is 2.26. The van der Waals surface area contributed by atoms with Crippen molar-refractivity contribution in [3.8, 4) is 11.3 Å². The van der Waals surface area contributed by atoms with Gasteiger partial charge in [0.15, 0.2) is 11.3 Å². The van der Waals surface area contributed by atoms with Crippen LogP contribution in [0.5, 0.6) is 0 Å². The van der Waals surface area contributed by atoms with Crippen molar-refractivity contribution in [2.45, 2.75) is 6.92 Å². The minimum absolute atomic E-state index is 0.295. The Kier molecular flexibility index (Phi) is 4.53. The first-order valence-electron chi connectivity index (χ1n) is 8.73. The van der Waals surface area contributed by atoms with Gasteiger partial charge in [-0.1, -0.05) is 30.3 Å². The van der Waals surface area contributed by atoms with Gasteiger partial charge in [-0.2, -0.15) is 0 Å². The van der Waals surface area contributed by atoms with E-state index in [0.29, 0.717) is 36.9 Å². The molecule has 7 heteroatoms. The molecule has 7 nitrogen and oxygen atoms in total. The van der Waals surface area contributed by atoms with Gasteiger partial charge in [-0.15, -0.1) is 5.10 Å². The number of fused-ring (bicyclic) bond motifs is 1. The van der Waals surface area contributed by atoms with Crippen molar-refractivity contribution in [3.05, 3.63) is 48.2 Å². The van der Waals surface area contributed by atoms with Crippen molar-refractivity contribution in [1.82, 2.24) is 14.6 Å². The third kappa shape index (κ3) is 3.01. The lowest BCUT2D eigenvalue weighted by Gasteiger charge is -2.27. The fourth-order valence-corrected chi connectivity index (χ4v) is 3.06. The summed E-state index contributed by atoms with van der Waals surface area (Å²) in [6, 6.07) is 13.4. The van der Waals surface area contributed by atoms with Crippen LogP contribution in [0, 0.1) is 0 Å². The second kappa shape index (κ2) is 7.13. The maximum Gasteiger partial charge on any atom is 0.359 e. The molecule has 26 heavy (non-hydrogen) atoms. The molecule has 3 heterocycles. The Morgan fingerprint density at radius 2 is 1.92 bits per heavy atom. The number of benzene rings is 1. The van der Waals surface area contributed by atoms with Crippen molar-refractivity contribution in [1.29, 1.82) is 0 Å². The fraction of sp³-hybridized carbons (Fsp3) is 0.316. The topological polar surface area (TPSA) is 69.0 Å². The van der Waals surface area contributed by atoms with E-state index in [2.05, 4.69) is 15.0 Å². The molecular formula is C19H20N4O3. The van der Waals surface area contributed by atoms with E-state index in [9.17, 15) is 4.79 Å². The molecule has 3 aromatic rings. The highest BCUT2D eigenvalue weighted by atomic mass is 16.5. The van der Waals surface area contributed by atoms with Gasteiger partial charge in [0.25, 0.3) is 0 Å². The van der Waals surface area contributed by atoms with Crippen LogP contribution in [0.25, 0.3) is 16.9 Å². The number of hydrogen-bond donors (Lipinski definition) is 0. The van der Waals surface area contributed by atoms with Gasteiger partial charge in [-0.3, -0.25) is 0 Å². The zero-order valence-electron chi connectivity index (χ0n) is 14.6. The third-order valence-corrected chi connectivity index (χ3v) is 4.31. The number of hydrogen-bond acceptors (Lipinski definition) is 6. The monoisotopic (exact) mass is 352 g/mol. The standard InChI is InChI=1S/C19H20N4O3/c1-2-26-19(24)18-17(14-6-4-3-5-7-14)20-15-8-9-16(21-23(15)18)22-10-12-25-13-11-22/h3-9H,2,10-13H2,1H3. The summed E-state index contributed by atoms with van der Waals surface area (Å²) in [7, 11) is 0. The second-order valence-corrected chi connectivity index (χ2v) is 5.96. The van der Waals surface area contributed by atoms with E-state index in [1.807, 2.05) is 42.5 Å². The molecular weight excluding hydrogens is 332 g/mol. The van der Waals surface area contributed by atoms with Crippen molar-refractivity contribution in [2.24, 2.45) is 0 Å². The van der Waals surface area contributed by atoms with Crippen molar-refractivity contribution >= 4 is 17.4 Å². The largest absolute Gasteiger partial charge is 0.461 e. The Hall–Kier alpha value is -2.93. The lowest BCUT2D eigenvalue weighted by atomic mass is 10.1. The molecule has 0 bridgehead atoms. The molecule has 1 fully saturated rings. The number of morpholine rings is 1. The van der Waals surface area contributed by atoms with Gasteiger partial charge in [0.2, 0.25) is 0 Å². The van der Waals surface area contributed by atoms with Crippen LogP contribution in [0.3, 0.4) is 0 Å². The zero-order valence-corrected chi connectivity index (χ0v) is 14.6. The summed E-state index contributed by atoms with van der Waals surface area (Å²) in [6.45, 7) is 4.97. The smallest absolute Gasteiger partial charge is 0.359 e. The summed E-state index contributed by atoms with van der Waals surface area (Å²) in [6.07, 6.45) is 0. The number of carbonyl (C=O) groups excluding carboxylic acids is 1. The Morgan fingerprint density at radius 3 is 2.65 bits per heavy atom. The van der Waals surface area contributed by atoms with E-state index in [1.54, 1.807) is 11.4 Å². The minimum atomic E-state index is -0.425. The Balaban J connectivity index is 1.86. The zero-order chi connectivity index (χ0) is 17.9. The molecule has 2 aromatic heterocycles. The lowest BCUT2D eigenvalue weighted by Crippen LogP contribution is -2.37. The second-order valence-electron chi connectivity index (χ2n) is 5.96. The van der Waals surface area contributed by atoms with Gasteiger partial charge >= 0.3 is 5.97 Å². The number of rotatable bonds is 4. The highest BCUT2D eigenvalue weighted by Gasteiger charge is 2.24. The number of imidazole rings is 1. The molecule has 0 saturated carbocycles. The van der Waals surface area contributed by atoms with Gasteiger partial charge in [-0.05, 0) is 19.1 Å². The van der Waals surface area contributed by atoms with Crippen LogP contribution in [0.1, 0.15) is 17.4 Å². The molecule has 0 spiro atoms. The Morgan fingerprint density at radius 1 is 1.15 bits per heavy atom. The first kappa shape index (κ1) is 16.5. The average molecular weight is 352 g/mol. The Bertz CT molecular complexity index is 917.